The van der Waals surface area contributed by atoms with Crippen LogP contribution in [0.5, 0.6) is 0 Å². The van der Waals surface area contributed by atoms with Crippen molar-refractivity contribution in [3.63, 3.8) is 0 Å². The molecule has 4 amide bonds. The third-order valence-electron chi connectivity index (χ3n) is 5.61. The molecule has 1 N–H and O–H groups in total. The number of amides is 4. The second-order valence-corrected chi connectivity index (χ2v) is 7.59. The molecule has 0 unspecified atom stereocenters. The first-order chi connectivity index (χ1) is 13.4. The zero-order valence-corrected chi connectivity index (χ0v) is 16.1. The SMILES string of the molecule is Cc1ccc([C@]2(C)NC(=O)N(CC(=O)N3CCCc4ccccc43)C2=O)cc1. The average molecular weight is 377 g/mol. The van der Waals surface area contributed by atoms with Gasteiger partial charge in [-0.3, -0.25) is 14.5 Å². The molecule has 2 aliphatic rings. The van der Waals surface area contributed by atoms with Crippen molar-refractivity contribution < 1.29 is 14.4 Å². The number of urea groups is 1. The summed E-state index contributed by atoms with van der Waals surface area (Å²) in [5.74, 6) is -0.649. The first kappa shape index (κ1) is 18.2. The Morgan fingerprint density at radius 3 is 2.57 bits per heavy atom. The highest BCUT2D eigenvalue weighted by Crippen LogP contribution is 2.30. The lowest BCUT2D eigenvalue weighted by molar-refractivity contribution is -0.134. The zero-order chi connectivity index (χ0) is 19.9. The van der Waals surface area contributed by atoms with E-state index in [-0.39, 0.29) is 12.5 Å². The van der Waals surface area contributed by atoms with Gasteiger partial charge in [-0.1, -0.05) is 48.0 Å². The molecule has 144 valence electrons. The van der Waals surface area contributed by atoms with Gasteiger partial charge in [0.1, 0.15) is 12.1 Å². The quantitative estimate of drug-likeness (QED) is 0.836. The molecule has 0 saturated carbocycles. The lowest BCUT2D eigenvalue weighted by Crippen LogP contribution is -2.46. The minimum Gasteiger partial charge on any atom is -0.319 e. The van der Waals surface area contributed by atoms with Gasteiger partial charge in [0.15, 0.2) is 0 Å². The van der Waals surface area contributed by atoms with Crippen LogP contribution in [0.15, 0.2) is 48.5 Å². The van der Waals surface area contributed by atoms with E-state index in [0.717, 1.165) is 34.6 Å². The summed E-state index contributed by atoms with van der Waals surface area (Å²) in [7, 11) is 0. The first-order valence-electron chi connectivity index (χ1n) is 9.50. The van der Waals surface area contributed by atoms with Gasteiger partial charge >= 0.3 is 6.03 Å². The Hall–Kier alpha value is -3.15. The van der Waals surface area contributed by atoms with Crippen molar-refractivity contribution in [3.05, 3.63) is 65.2 Å². The fourth-order valence-corrected chi connectivity index (χ4v) is 3.94. The van der Waals surface area contributed by atoms with E-state index in [1.807, 2.05) is 55.5 Å². The van der Waals surface area contributed by atoms with Gasteiger partial charge in [0, 0.05) is 12.2 Å². The number of para-hydroxylation sites is 1. The predicted molar refractivity (Wildman–Crippen MR) is 106 cm³/mol. The van der Waals surface area contributed by atoms with Gasteiger partial charge in [0.25, 0.3) is 5.91 Å². The van der Waals surface area contributed by atoms with Crippen LogP contribution in [0, 0.1) is 6.92 Å². The number of carbonyl (C=O) groups excluding carboxylic acids is 3. The van der Waals surface area contributed by atoms with E-state index in [1.165, 1.54) is 0 Å². The van der Waals surface area contributed by atoms with E-state index in [1.54, 1.807) is 11.8 Å². The van der Waals surface area contributed by atoms with Crippen molar-refractivity contribution in [1.82, 2.24) is 10.2 Å². The number of fused-ring (bicyclic) bond motifs is 1. The highest BCUT2D eigenvalue weighted by Gasteiger charge is 2.49. The molecule has 2 aliphatic heterocycles. The molecule has 4 rings (SSSR count). The Kier molecular flexibility index (Phi) is 4.41. The second-order valence-electron chi connectivity index (χ2n) is 7.59. The number of hydrogen-bond donors (Lipinski definition) is 1. The van der Waals surface area contributed by atoms with E-state index in [4.69, 9.17) is 0 Å². The summed E-state index contributed by atoms with van der Waals surface area (Å²) in [6.07, 6.45) is 1.79. The van der Waals surface area contributed by atoms with Crippen molar-refractivity contribution in [1.29, 1.82) is 0 Å². The number of aryl methyl sites for hydroxylation is 2. The summed E-state index contributed by atoms with van der Waals surface area (Å²) in [6, 6.07) is 14.7. The summed E-state index contributed by atoms with van der Waals surface area (Å²) in [6.45, 7) is 3.97. The van der Waals surface area contributed by atoms with Gasteiger partial charge in [-0.2, -0.15) is 0 Å². The van der Waals surface area contributed by atoms with E-state index < -0.39 is 17.5 Å². The van der Waals surface area contributed by atoms with Gasteiger partial charge in [-0.05, 0) is 43.9 Å². The van der Waals surface area contributed by atoms with Crippen LogP contribution in [0.2, 0.25) is 0 Å². The van der Waals surface area contributed by atoms with Crippen LogP contribution in [-0.4, -0.2) is 35.8 Å². The molecule has 1 atom stereocenters. The number of benzene rings is 2. The standard InChI is InChI=1S/C22H23N3O3/c1-15-9-11-17(12-10-15)22(2)20(27)25(21(28)23-22)14-19(26)24-13-5-7-16-6-3-4-8-18(16)24/h3-4,6,8-12H,5,7,13-14H2,1-2H3,(H,23,28)/t22-/m0/s1. The Balaban J connectivity index is 1.56. The van der Waals surface area contributed by atoms with Crippen LogP contribution < -0.4 is 10.2 Å². The normalized spacial score (nSPS) is 21.5. The molecule has 0 aromatic heterocycles. The number of nitrogens with zero attached hydrogens (tertiary/aromatic N) is 2. The predicted octanol–water partition coefficient (Wildman–Crippen LogP) is 2.74. The molecular formula is C22H23N3O3. The topological polar surface area (TPSA) is 69.7 Å². The summed E-state index contributed by atoms with van der Waals surface area (Å²) < 4.78 is 0. The van der Waals surface area contributed by atoms with Gasteiger partial charge < -0.3 is 10.2 Å². The number of anilines is 1. The van der Waals surface area contributed by atoms with E-state index in [2.05, 4.69) is 5.32 Å². The number of imide groups is 1. The van der Waals surface area contributed by atoms with Crippen molar-refractivity contribution in [3.8, 4) is 0 Å². The van der Waals surface area contributed by atoms with Crippen molar-refractivity contribution in [2.45, 2.75) is 32.2 Å². The maximum atomic E-state index is 13.1. The van der Waals surface area contributed by atoms with Crippen LogP contribution in [-0.2, 0) is 21.5 Å². The van der Waals surface area contributed by atoms with E-state index in [9.17, 15) is 14.4 Å². The van der Waals surface area contributed by atoms with Crippen LogP contribution in [0.3, 0.4) is 0 Å². The number of rotatable bonds is 3. The molecule has 28 heavy (non-hydrogen) atoms. The fourth-order valence-electron chi connectivity index (χ4n) is 3.94. The molecule has 6 heteroatoms. The Labute approximate surface area is 164 Å². The van der Waals surface area contributed by atoms with Crippen LogP contribution in [0.1, 0.15) is 30.0 Å². The smallest absolute Gasteiger partial charge is 0.319 e. The second kappa shape index (κ2) is 6.78. The van der Waals surface area contributed by atoms with Crippen molar-refractivity contribution in [2.75, 3.05) is 18.0 Å². The summed E-state index contributed by atoms with van der Waals surface area (Å²) in [5, 5.41) is 2.76. The molecule has 1 saturated heterocycles. The molecule has 1 fully saturated rings. The Bertz CT molecular complexity index is 954. The maximum absolute atomic E-state index is 13.1. The molecule has 0 spiro atoms. The lowest BCUT2D eigenvalue weighted by Gasteiger charge is -2.30. The third kappa shape index (κ3) is 2.95. The number of nitrogens with one attached hydrogen (secondary N) is 1. The Morgan fingerprint density at radius 1 is 1.11 bits per heavy atom. The van der Waals surface area contributed by atoms with Gasteiger partial charge in [0.05, 0.1) is 0 Å². The maximum Gasteiger partial charge on any atom is 0.325 e. The molecule has 2 aromatic carbocycles. The fraction of sp³-hybridized carbons (Fsp3) is 0.318. The minimum absolute atomic E-state index is 0.246. The zero-order valence-electron chi connectivity index (χ0n) is 16.1. The molecule has 2 heterocycles. The lowest BCUT2D eigenvalue weighted by atomic mass is 9.91. The molecular weight excluding hydrogens is 354 g/mol. The third-order valence-corrected chi connectivity index (χ3v) is 5.61. The van der Waals surface area contributed by atoms with Gasteiger partial charge in [-0.15, -0.1) is 0 Å². The summed E-state index contributed by atoms with van der Waals surface area (Å²) in [4.78, 5) is 41.2. The van der Waals surface area contributed by atoms with Crippen LogP contribution in [0.25, 0.3) is 0 Å². The molecule has 0 radical (unpaired) electrons. The Morgan fingerprint density at radius 2 is 1.82 bits per heavy atom. The average Bonchev–Trinajstić information content (AvgIpc) is 2.92. The van der Waals surface area contributed by atoms with Crippen LogP contribution >= 0.6 is 0 Å². The molecule has 0 aliphatic carbocycles. The van der Waals surface area contributed by atoms with Crippen LogP contribution in [0.4, 0.5) is 10.5 Å². The summed E-state index contributed by atoms with van der Waals surface area (Å²) >= 11 is 0. The van der Waals surface area contributed by atoms with Crippen molar-refractivity contribution >= 4 is 23.5 Å². The summed E-state index contributed by atoms with van der Waals surface area (Å²) in [5.41, 5.74) is 2.59. The van der Waals surface area contributed by atoms with E-state index in [0.29, 0.717) is 12.1 Å². The molecule has 6 nitrogen and oxygen atoms in total. The largest absolute Gasteiger partial charge is 0.325 e. The minimum atomic E-state index is -1.16. The monoisotopic (exact) mass is 377 g/mol. The first-order valence-corrected chi connectivity index (χ1v) is 9.50. The van der Waals surface area contributed by atoms with Gasteiger partial charge in [-0.25, -0.2) is 4.79 Å². The highest BCUT2D eigenvalue weighted by molar-refractivity contribution is 6.10. The highest BCUT2D eigenvalue weighted by atomic mass is 16.2. The number of carbonyl (C=O) groups is 3. The van der Waals surface area contributed by atoms with Crippen molar-refractivity contribution in [2.24, 2.45) is 0 Å². The molecule has 2 aromatic rings. The van der Waals surface area contributed by atoms with Gasteiger partial charge in [0.2, 0.25) is 5.91 Å². The molecule has 0 bridgehead atoms. The van der Waals surface area contributed by atoms with E-state index >= 15 is 0 Å². The number of hydrogen-bond acceptors (Lipinski definition) is 3.